The summed E-state index contributed by atoms with van der Waals surface area (Å²) in [7, 11) is 0. The fraction of sp³-hybridized carbons (Fsp3) is 0.0556. The molecule has 24 heavy (non-hydrogen) atoms. The lowest BCUT2D eigenvalue weighted by molar-refractivity contribution is 0.0696. The average Bonchev–Trinajstić information content (AvgIpc) is 2.55. The molecule has 118 valence electrons. The second-order valence-corrected chi connectivity index (χ2v) is 5.57. The van der Waals surface area contributed by atoms with E-state index in [1.807, 2.05) is 24.3 Å². The summed E-state index contributed by atoms with van der Waals surface area (Å²) in [4.78, 5) is 23.6. The highest BCUT2D eigenvalue weighted by Crippen LogP contribution is 2.34. The van der Waals surface area contributed by atoms with Gasteiger partial charge in [-0.05, 0) is 18.2 Å². The number of aromatic nitrogens is 1. The highest BCUT2D eigenvalue weighted by atomic mass is 35.5. The van der Waals surface area contributed by atoms with Gasteiger partial charge in [0.15, 0.2) is 5.43 Å². The van der Waals surface area contributed by atoms with Gasteiger partial charge < -0.3 is 9.67 Å². The number of pyridine rings is 1. The second-order valence-electron chi connectivity index (χ2n) is 5.16. The molecule has 1 aliphatic heterocycles. The zero-order valence-electron chi connectivity index (χ0n) is 12.4. The number of nitriles is 1. The molecule has 0 saturated heterocycles. The van der Waals surface area contributed by atoms with Crippen molar-refractivity contribution in [1.82, 2.24) is 4.57 Å². The van der Waals surface area contributed by atoms with Crippen LogP contribution in [0.2, 0.25) is 5.02 Å². The van der Waals surface area contributed by atoms with Crippen LogP contribution in [0, 0.1) is 11.3 Å². The number of carboxylic acid groups (broad SMARTS) is 1. The van der Waals surface area contributed by atoms with Crippen molar-refractivity contribution in [3.8, 4) is 22.9 Å². The number of fused-ring (bicyclic) bond motifs is 1. The molecular weight excluding hydrogens is 328 g/mol. The summed E-state index contributed by atoms with van der Waals surface area (Å²) >= 11 is 6.16. The van der Waals surface area contributed by atoms with Gasteiger partial charge in [0.25, 0.3) is 0 Å². The van der Waals surface area contributed by atoms with Gasteiger partial charge in [0.2, 0.25) is 0 Å². The van der Waals surface area contributed by atoms with E-state index in [0.717, 1.165) is 0 Å². The van der Waals surface area contributed by atoms with Crippen molar-refractivity contribution in [2.75, 3.05) is 0 Å². The molecule has 0 aromatic heterocycles. The maximum atomic E-state index is 11.8. The van der Waals surface area contributed by atoms with E-state index in [1.54, 1.807) is 22.9 Å². The number of carboxylic acids is 1. The van der Waals surface area contributed by atoms with E-state index < -0.39 is 5.97 Å². The van der Waals surface area contributed by atoms with Crippen LogP contribution in [0.3, 0.4) is 0 Å². The van der Waals surface area contributed by atoms with Gasteiger partial charge in [-0.3, -0.25) is 4.79 Å². The third kappa shape index (κ3) is 2.64. The maximum absolute atomic E-state index is 11.8. The number of benzene rings is 2. The molecule has 3 rings (SSSR count). The van der Waals surface area contributed by atoms with Gasteiger partial charge >= 0.3 is 5.97 Å². The molecule has 0 bridgehead atoms. The third-order valence-corrected chi connectivity index (χ3v) is 4.02. The molecule has 1 aromatic rings. The average molecular weight is 339 g/mol. The van der Waals surface area contributed by atoms with Crippen molar-refractivity contribution in [2.45, 2.75) is 6.42 Å². The van der Waals surface area contributed by atoms with Crippen molar-refractivity contribution < 1.29 is 9.90 Å². The minimum atomic E-state index is -1.21. The first-order chi connectivity index (χ1) is 11.5. The number of hydrogen-bond donors (Lipinski definition) is 1. The van der Waals surface area contributed by atoms with Crippen molar-refractivity contribution >= 4 is 17.6 Å². The quantitative estimate of drug-likeness (QED) is 0.793. The molecule has 5 nitrogen and oxygen atoms in total. The summed E-state index contributed by atoms with van der Waals surface area (Å²) in [6.45, 7) is 0. The molecule has 0 amide bonds. The van der Waals surface area contributed by atoms with Crippen LogP contribution < -0.4 is 5.43 Å². The standard InChI is InChI=1S/C18H11ClN2O3/c19-15-9-12(22)8-13-14(15)10-21(11-4-2-1-3-5-11)16(6-7-20)17(13)18(23)24/h1-5,8-10H,6H2,(H,23,24). The summed E-state index contributed by atoms with van der Waals surface area (Å²) in [5.74, 6) is -1.21. The smallest absolute Gasteiger partial charge is 0.338 e. The molecule has 0 unspecified atom stereocenters. The number of aromatic carboxylic acids is 1. The van der Waals surface area contributed by atoms with Crippen LogP contribution in [0.4, 0.5) is 0 Å². The van der Waals surface area contributed by atoms with Crippen LogP contribution in [-0.4, -0.2) is 15.6 Å². The largest absolute Gasteiger partial charge is 0.478 e. The molecule has 2 aliphatic rings. The number of halogens is 1. The van der Waals surface area contributed by atoms with Crippen LogP contribution in [-0.2, 0) is 6.42 Å². The number of nitrogens with zero attached hydrogens (tertiary/aromatic N) is 2. The lowest BCUT2D eigenvalue weighted by Crippen LogP contribution is -2.16. The molecule has 1 aromatic carbocycles. The Morgan fingerprint density at radius 3 is 2.54 bits per heavy atom. The molecule has 1 aliphatic carbocycles. The minimum Gasteiger partial charge on any atom is -0.478 e. The van der Waals surface area contributed by atoms with Gasteiger partial charge in [-0.15, -0.1) is 0 Å². The van der Waals surface area contributed by atoms with Gasteiger partial charge in [0.1, 0.15) is 0 Å². The maximum Gasteiger partial charge on any atom is 0.338 e. The van der Waals surface area contributed by atoms with Crippen LogP contribution in [0.25, 0.3) is 16.8 Å². The SMILES string of the molecule is N#CCc1c(C(=O)O)c2cc(=O)cc(Cl)c-2cn1-c1ccccc1. The van der Waals surface area contributed by atoms with Crippen molar-refractivity contribution in [3.63, 3.8) is 0 Å². The van der Waals surface area contributed by atoms with E-state index >= 15 is 0 Å². The Bertz CT molecular complexity index is 1000. The first-order valence-electron chi connectivity index (χ1n) is 7.06. The van der Waals surface area contributed by atoms with Crippen LogP contribution in [0.15, 0.2) is 53.5 Å². The Labute approximate surface area is 142 Å². The fourth-order valence-corrected chi connectivity index (χ4v) is 2.98. The van der Waals surface area contributed by atoms with Gasteiger partial charge in [-0.1, -0.05) is 29.8 Å². The summed E-state index contributed by atoms with van der Waals surface area (Å²) in [6, 6.07) is 13.5. The minimum absolute atomic E-state index is 0.0856. The normalized spacial score (nSPS) is 10.5. The third-order valence-electron chi connectivity index (χ3n) is 3.70. The first-order valence-corrected chi connectivity index (χ1v) is 7.44. The molecule has 0 atom stereocenters. The number of rotatable bonds is 3. The van der Waals surface area contributed by atoms with E-state index in [4.69, 9.17) is 16.9 Å². The molecule has 6 heteroatoms. The summed E-state index contributed by atoms with van der Waals surface area (Å²) in [5, 5.41) is 19.0. The van der Waals surface area contributed by atoms with Crippen molar-refractivity contribution in [3.05, 3.63) is 75.2 Å². The molecule has 1 N–H and O–H groups in total. The van der Waals surface area contributed by atoms with Gasteiger partial charge in [-0.25, -0.2) is 4.79 Å². The Hall–Kier alpha value is -3.10. The van der Waals surface area contributed by atoms with E-state index in [-0.39, 0.29) is 28.0 Å². The van der Waals surface area contributed by atoms with Gasteiger partial charge in [-0.2, -0.15) is 5.26 Å². The Morgan fingerprint density at radius 2 is 1.92 bits per heavy atom. The second kappa shape index (κ2) is 6.19. The molecule has 0 fully saturated rings. The van der Waals surface area contributed by atoms with Crippen LogP contribution >= 0.6 is 11.6 Å². The number of para-hydroxylation sites is 1. The summed E-state index contributed by atoms with van der Waals surface area (Å²) in [5.41, 5.74) is 1.21. The lowest BCUT2D eigenvalue weighted by atomic mass is 9.96. The lowest BCUT2D eigenvalue weighted by Gasteiger charge is -2.20. The predicted octanol–water partition coefficient (Wildman–Crippen LogP) is 3.36. The topological polar surface area (TPSA) is 83.1 Å². The highest BCUT2D eigenvalue weighted by molar-refractivity contribution is 6.33. The van der Waals surface area contributed by atoms with E-state index in [9.17, 15) is 14.7 Å². The van der Waals surface area contributed by atoms with Crippen LogP contribution in [0.1, 0.15) is 16.1 Å². The first kappa shape index (κ1) is 15.8. The zero-order valence-corrected chi connectivity index (χ0v) is 13.1. The molecule has 1 heterocycles. The van der Waals surface area contributed by atoms with Crippen molar-refractivity contribution in [2.24, 2.45) is 0 Å². The van der Waals surface area contributed by atoms with Crippen LogP contribution in [0.5, 0.6) is 0 Å². The molecule has 0 spiro atoms. The predicted molar refractivity (Wildman–Crippen MR) is 89.9 cm³/mol. The Kier molecular flexibility index (Phi) is 4.07. The highest BCUT2D eigenvalue weighted by Gasteiger charge is 2.24. The Morgan fingerprint density at radius 1 is 1.21 bits per heavy atom. The van der Waals surface area contributed by atoms with E-state index in [1.165, 1.54) is 12.1 Å². The fourth-order valence-electron chi connectivity index (χ4n) is 2.72. The number of hydrogen-bond acceptors (Lipinski definition) is 3. The molecule has 0 saturated carbocycles. The molecule has 0 radical (unpaired) electrons. The zero-order chi connectivity index (χ0) is 17.3. The summed E-state index contributed by atoms with van der Waals surface area (Å²) < 4.78 is 1.63. The summed E-state index contributed by atoms with van der Waals surface area (Å²) in [6.07, 6.45) is 1.54. The van der Waals surface area contributed by atoms with E-state index in [2.05, 4.69) is 0 Å². The number of carbonyl (C=O) groups is 1. The molecular formula is C18H11ClN2O3. The van der Waals surface area contributed by atoms with Crippen molar-refractivity contribution in [1.29, 1.82) is 5.26 Å². The monoisotopic (exact) mass is 338 g/mol. The van der Waals surface area contributed by atoms with E-state index in [0.29, 0.717) is 16.9 Å². The van der Waals surface area contributed by atoms with Gasteiger partial charge in [0.05, 0.1) is 28.8 Å². The Balaban J connectivity index is 2.51. The van der Waals surface area contributed by atoms with Gasteiger partial charge in [0, 0.05) is 29.1 Å².